The average molecular weight is 396 g/mol. The van der Waals surface area contributed by atoms with Crippen molar-refractivity contribution in [3.8, 4) is 0 Å². The third kappa shape index (κ3) is 5.91. The number of benzene rings is 1. The largest absolute Gasteiger partial charge is 0.346 e. The van der Waals surface area contributed by atoms with E-state index in [2.05, 4.69) is 45.3 Å². The lowest BCUT2D eigenvalue weighted by atomic mass is 9.92. The Morgan fingerprint density at radius 2 is 1.88 bits per heavy atom. The van der Waals surface area contributed by atoms with Gasteiger partial charge < -0.3 is 10.6 Å². The van der Waals surface area contributed by atoms with Crippen LogP contribution >= 0.6 is 15.9 Å². The first-order chi connectivity index (χ1) is 11.3. The highest BCUT2D eigenvalue weighted by Gasteiger charge is 2.23. The molecule has 1 aliphatic rings. The predicted molar refractivity (Wildman–Crippen MR) is 99.9 cm³/mol. The number of halogens is 1. The lowest BCUT2D eigenvalue weighted by Gasteiger charge is -2.34. The highest BCUT2D eigenvalue weighted by Crippen LogP contribution is 2.21. The molecule has 0 bridgehead atoms. The molecule has 2 atom stereocenters. The number of likely N-dealkylation sites (tertiary alicyclic amines) is 1. The molecule has 1 aromatic rings. The molecule has 1 heterocycles. The molecule has 6 heteroatoms. The number of anilines is 1. The van der Waals surface area contributed by atoms with E-state index in [4.69, 9.17) is 0 Å². The van der Waals surface area contributed by atoms with Gasteiger partial charge in [0.05, 0.1) is 13.1 Å². The van der Waals surface area contributed by atoms with Gasteiger partial charge in [-0.15, -0.1) is 0 Å². The number of piperidine rings is 1. The van der Waals surface area contributed by atoms with Crippen LogP contribution < -0.4 is 10.6 Å². The van der Waals surface area contributed by atoms with Gasteiger partial charge in [-0.05, 0) is 48.9 Å². The van der Waals surface area contributed by atoms with Gasteiger partial charge in [-0.2, -0.15) is 0 Å². The first-order valence-electron chi connectivity index (χ1n) is 8.38. The van der Waals surface area contributed by atoms with E-state index in [-0.39, 0.29) is 18.4 Å². The van der Waals surface area contributed by atoms with Gasteiger partial charge in [0.2, 0.25) is 11.8 Å². The van der Waals surface area contributed by atoms with Crippen molar-refractivity contribution in [2.75, 3.05) is 31.5 Å². The van der Waals surface area contributed by atoms with Crippen molar-refractivity contribution in [3.05, 3.63) is 28.2 Å². The maximum absolute atomic E-state index is 12.1. The van der Waals surface area contributed by atoms with Crippen LogP contribution in [0.1, 0.15) is 25.8 Å². The molecule has 0 aromatic heterocycles. The number of nitrogens with one attached hydrogen (secondary N) is 2. The number of hydrogen-bond acceptors (Lipinski definition) is 3. The van der Waals surface area contributed by atoms with Crippen LogP contribution in [0.2, 0.25) is 0 Å². The number of carbonyl (C=O) groups is 2. The smallest absolute Gasteiger partial charge is 0.243 e. The number of amides is 2. The minimum atomic E-state index is -0.214. The molecule has 5 nitrogen and oxygen atoms in total. The minimum absolute atomic E-state index is 0.00666. The second-order valence-corrected chi connectivity index (χ2v) is 7.84. The van der Waals surface area contributed by atoms with Gasteiger partial charge >= 0.3 is 0 Å². The molecule has 24 heavy (non-hydrogen) atoms. The average Bonchev–Trinajstić information content (AvgIpc) is 2.47. The van der Waals surface area contributed by atoms with Gasteiger partial charge in [-0.3, -0.25) is 14.5 Å². The van der Waals surface area contributed by atoms with Crippen LogP contribution in [0.3, 0.4) is 0 Å². The minimum Gasteiger partial charge on any atom is -0.346 e. The molecule has 1 aliphatic heterocycles. The fourth-order valence-corrected chi connectivity index (χ4v) is 3.80. The Bertz CT molecular complexity index is 596. The van der Waals surface area contributed by atoms with Crippen molar-refractivity contribution in [1.82, 2.24) is 10.2 Å². The zero-order chi connectivity index (χ0) is 17.7. The normalized spacial score (nSPS) is 21.3. The van der Waals surface area contributed by atoms with Crippen LogP contribution in [0.15, 0.2) is 22.7 Å². The number of carbonyl (C=O) groups excluding carboxylic acids is 2. The second-order valence-electron chi connectivity index (χ2n) is 6.92. The highest BCUT2D eigenvalue weighted by atomic mass is 79.9. The zero-order valence-electron chi connectivity index (χ0n) is 14.6. The van der Waals surface area contributed by atoms with E-state index in [1.807, 2.05) is 25.1 Å². The van der Waals surface area contributed by atoms with Gasteiger partial charge in [-0.25, -0.2) is 0 Å². The Morgan fingerprint density at radius 3 is 2.50 bits per heavy atom. The predicted octanol–water partition coefficient (Wildman–Crippen LogP) is 2.79. The van der Waals surface area contributed by atoms with Crippen LogP contribution in [0.5, 0.6) is 0 Å². The topological polar surface area (TPSA) is 61.4 Å². The third-order valence-electron chi connectivity index (χ3n) is 4.22. The summed E-state index contributed by atoms with van der Waals surface area (Å²) in [5.74, 6) is 0.920. The second kappa shape index (κ2) is 8.62. The molecule has 132 valence electrons. The van der Waals surface area contributed by atoms with Crippen LogP contribution in [0, 0.1) is 18.8 Å². The summed E-state index contributed by atoms with van der Waals surface area (Å²) in [6.45, 7) is 8.61. The number of rotatable bonds is 5. The summed E-state index contributed by atoms with van der Waals surface area (Å²) in [5.41, 5.74) is 1.73. The Balaban J connectivity index is 1.76. The maximum Gasteiger partial charge on any atom is 0.243 e. The summed E-state index contributed by atoms with van der Waals surface area (Å²) >= 11 is 3.39. The van der Waals surface area contributed by atoms with Crippen LogP contribution in [-0.2, 0) is 9.59 Å². The summed E-state index contributed by atoms with van der Waals surface area (Å²) < 4.78 is 0.969. The molecule has 0 saturated carbocycles. The molecule has 1 aromatic carbocycles. The van der Waals surface area contributed by atoms with Gasteiger partial charge in [-0.1, -0.05) is 29.8 Å². The van der Waals surface area contributed by atoms with Crippen molar-refractivity contribution < 1.29 is 9.59 Å². The molecule has 0 unspecified atom stereocenters. The first kappa shape index (κ1) is 18.9. The zero-order valence-corrected chi connectivity index (χ0v) is 16.1. The van der Waals surface area contributed by atoms with Gasteiger partial charge in [0.15, 0.2) is 0 Å². The SMILES string of the molecule is Cc1cc(Br)ccc1NC(=O)CNC(=O)CN1C[C@H](C)C[C@@H](C)C1. The van der Waals surface area contributed by atoms with E-state index in [1.54, 1.807) is 0 Å². The van der Waals surface area contributed by atoms with Crippen molar-refractivity contribution >= 4 is 33.4 Å². The van der Waals surface area contributed by atoms with Gasteiger partial charge in [0.25, 0.3) is 0 Å². The van der Waals surface area contributed by atoms with E-state index in [1.165, 1.54) is 6.42 Å². The van der Waals surface area contributed by atoms with Crippen LogP contribution in [0.25, 0.3) is 0 Å². The fourth-order valence-electron chi connectivity index (χ4n) is 3.32. The monoisotopic (exact) mass is 395 g/mol. The third-order valence-corrected chi connectivity index (χ3v) is 4.71. The lowest BCUT2D eigenvalue weighted by molar-refractivity contribution is -0.125. The van der Waals surface area contributed by atoms with E-state index in [0.29, 0.717) is 18.4 Å². The highest BCUT2D eigenvalue weighted by molar-refractivity contribution is 9.10. The number of hydrogen-bond donors (Lipinski definition) is 2. The summed E-state index contributed by atoms with van der Waals surface area (Å²) in [6, 6.07) is 5.66. The van der Waals surface area contributed by atoms with E-state index in [0.717, 1.165) is 28.8 Å². The Morgan fingerprint density at radius 1 is 1.21 bits per heavy atom. The number of aryl methyl sites for hydroxylation is 1. The van der Waals surface area contributed by atoms with Crippen molar-refractivity contribution in [2.24, 2.45) is 11.8 Å². The van der Waals surface area contributed by atoms with Crippen molar-refractivity contribution in [1.29, 1.82) is 0 Å². The standard InChI is InChI=1S/C18H26BrN3O2/c1-12-6-13(2)10-22(9-12)11-18(24)20-8-17(23)21-16-5-4-15(19)7-14(16)3/h4-5,7,12-13H,6,8-11H2,1-3H3,(H,20,24)(H,21,23)/t12-,13-/m1/s1. The Kier molecular flexibility index (Phi) is 6.80. The molecular formula is C18H26BrN3O2. The van der Waals surface area contributed by atoms with Crippen LogP contribution in [0.4, 0.5) is 5.69 Å². The molecule has 1 saturated heterocycles. The summed E-state index contributed by atoms with van der Waals surface area (Å²) in [7, 11) is 0. The van der Waals surface area contributed by atoms with Crippen molar-refractivity contribution in [2.45, 2.75) is 27.2 Å². The summed E-state index contributed by atoms with van der Waals surface area (Å²) in [4.78, 5) is 26.2. The molecule has 2 rings (SSSR count). The Labute approximate surface area is 152 Å². The van der Waals surface area contributed by atoms with E-state index < -0.39 is 0 Å². The molecule has 0 radical (unpaired) electrons. The van der Waals surface area contributed by atoms with Crippen molar-refractivity contribution in [3.63, 3.8) is 0 Å². The molecule has 1 fully saturated rings. The fraction of sp³-hybridized carbons (Fsp3) is 0.556. The first-order valence-corrected chi connectivity index (χ1v) is 9.18. The van der Waals surface area contributed by atoms with E-state index in [9.17, 15) is 9.59 Å². The molecule has 0 aliphatic carbocycles. The molecule has 2 N–H and O–H groups in total. The molecular weight excluding hydrogens is 370 g/mol. The molecule has 2 amide bonds. The lowest BCUT2D eigenvalue weighted by Crippen LogP contribution is -2.45. The van der Waals surface area contributed by atoms with Crippen LogP contribution in [-0.4, -0.2) is 42.9 Å². The molecule has 0 spiro atoms. The maximum atomic E-state index is 12.1. The quantitative estimate of drug-likeness (QED) is 0.805. The Hall–Kier alpha value is -1.40. The van der Waals surface area contributed by atoms with E-state index >= 15 is 0 Å². The number of nitrogens with zero attached hydrogens (tertiary/aromatic N) is 1. The van der Waals surface area contributed by atoms with Gasteiger partial charge in [0.1, 0.15) is 0 Å². The summed E-state index contributed by atoms with van der Waals surface area (Å²) in [6.07, 6.45) is 1.22. The summed E-state index contributed by atoms with van der Waals surface area (Å²) in [5, 5.41) is 5.53. The van der Waals surface area contributed by atoms with Gasteiger partial charge in [0, 0.05) is 23.2 Å².